The highest BCUT2D eigenvalue weighted by Crippen LogP contribution is 2.16. The van der Waals surface area contributed by atoms with Crippen LogP contribution < -0.4 is 0 Å². The van der Waals surface area contributed by atoms with E-state index in [0.717, 1.165) is 69.6 Å². The summed E-state index contributed by atoms with van der Waals surface area (Å²) in [4.78, 5) is 37.5. The van der Waals surface area contributed by atoms with E-state index in [4.69, 9.17) is 14.2 Å². The summed E-state index contributed by atoms with van der Waals surface area (Å²) < 4.78 is 16.6. The fourth-order valence-corrected chi connectivity index (χ4v) is 6.01. The minimum absolute atomic E-state index is 0.0668. The summed E-state index contributed by atoms with van der Waals surface area (Å²) in [5, 5.41) is 0. The van der Waals surface area contributed by atoms with Crippen molar-refractivity contribution in [2.45, 2.75) is 227 Å². The van der Waals surface area contributed by atoms with Crippen molar-refractivity contribution in [3.05, 3.63) is 0 Å². The highest BCUT2D eigenvalue weighted by atomic mass is 16.6. The molecule has 0 spiro atoms. The summed E-state index contributed by atoms with van der Waals surface area (Å²) in [6.07, 6.45) is 31.0. The van der Waals surface area contributed by atoms with Crippen LogP contribution in [0.5, 0.6) is 0 Å². The molecule has 0 bridgehead atoms. The van der Waals surface area contributed by atoms with E-state index in [1.807, 2.05) is 0 Å². The third-order valence-corrected chi connectivity index (χ3v) is 9.58. The molecule has 0 saturated carbocycles. The first kappa shape index (κ1) is 46.4. The number of unbranched alkanes of at least 4 members (excludes halogenated alkanes) is 20. The van der Waals surface area contributed by atoms with Crippen molar-refractivity contribution >= 4 is 17.9 Å². The number of rotatable bonds is 36. The summed E-state index contributed by atoms with van der Waals surface area (Å²) in [6, 6.07) is 0. The van der Waals surface area contributed by atoms with Crippen LogP contribution in [0.2, 0.25) is 0 Å². The quantitative estimate of drug-likeness (QED) is 0.0372. The summed E-state index contributed by atoms with van der Waals surface area (Å²) in [5.41, 5.74) is 0. The number of carbonyl (C=O) groups is 3. The summed E-state index contributed by atoms with van der Waals surface area (Å²) in [6.45, 7) is 11.2. The predicted molar refractivity (Wildman–Crippen MR) is 201 cm³/mol. The van der Waals surface area contributed by atoms with E-state index in [-0.39, 0.29) is 31.1 Å². The van der Waals surface area contributed by atoms with Crippen molar-refractivity contribution in [2.24, 2.45) is 11.8 Å². The fourth-order valence-electron chi connectivity index (χ4n) is 6.01. The third-order valence-electron chi connectivity index (χ3n) is 9.58. The molecule has 284 valence electrons. The van der Waals surface area contributed by atoms with E-state index >= 15 is 0 Å². The number of hydrogen-bond acceptors (Lipinski definition) is 6. The molecule has 0 aliphatic carbocycles. The molecule has 48 heavy (non-hydrogen) atoms. The van der Waals surface area contributed by atoms with Gasteiger partial charge in [0.25, 0.3) is 0 Å². The Kier molecular flexibility index (Phi) is 34.1. The molecule has 0 rings (SSSR count). The molecule has 0 saturated heterocycles. The van der Waals surface area contributed by atoms with Crippen molar-refractivity contribution in [1.29, 1.82) is 0 Å². The first-order valence-electron chi connectivity index (χ1n) is 20.8. The summed E-state index contributed by atoms with van der Waals surface area (Å²) >= 11 is 0. The summed E-state index contributed by atoms with van der Waals surface area (Å²) in [7, 11) is 0. The maximum Gasteiger partial charge on any atom is 0.306 e. The van der Waals surface area contributed by atoms with Crippen molar-refractivity contribution in [1.82, 2.24) is 0 Å². The van der Waals surface area contributed by atoms with Gasteiger partial charge in [-0.25, -0.2) is 0 Å². The highest BCUT2D eigenvalue weighted by molar-refractivity contribution is 5.71. The van der Waals surface area contributed by atoms with Gasteiger partial charge >= 0.3 is 17.9 Å². The Morgan fingerprint density at radius 2 is 0.792 bits per heavy atom. The molecular weight excluding hydrogens is 600 g/mol. The molecule has 6 heteroatoms. The van der Waals surface area contributed by atoms with E-state index in [2.05, 4.69) is 34.6 Å². The third kappa shape index (κ3) is 34.3. The van der Waals surface area contributed by atoms with E-state index < -0.39 is 6.10 Å². The van der Waals surface area contributed by atoms with Gasteiger partial charge in [0.05, 0.1) is 0 Å². The average Bonchev–Trinajstić information content (AvgIpc) is 3.06. The zero-order chi connectivity index (χ0) is 35.5. The Bertz CT molecular complexity index is 736. The van der Waals surface area contributed by atoms with Crippen LogP contribution in [0.1, 0.15) is 221 Å². The Labute approximate surface area is 298 Å². The molecule has 0 radical (unpaired) electrons. The molecule has 0 fully saturated rings. The molecule has 1 unspecified atom stereocenters. The SMILES string of the molecule is CCCCCCCCCCCCC(=O)OC[C@H](COC(=O)CCCCCCCCC(C)CC)OC(=O)CCCCCCCCCC(C)C. The van der Waals surface area contributed by atoms with Crippen molar-refractivity contribution in [2.75, 3.05) is 13.2 Å². The zero-order valence-electron chi connectivity index (χ0n) is 32.6. The van der Waals surface area contributed by atoms with Crippen LogP contribution >= 0.6 is 0 Å². The van der Waals surface area contributed by atoms with Crippen LogP contribution in [0.15, 0.2) is 0 Å². The van der Waals surface area contributed by atoms with Crippen LogP contribution in [-0.2, 0) is 28.6 Å². The van der Waals surface area contributed by atoms with Crippen LogP contribution in [0, 0.1) is 11.8 Å². The van der Waals surface area contributed by atoms with Crippen LogP contribution in [0.3, 0.4) is 0 Å². The highest BCUT2D eigenvalue weighted by Gasteiger charge is 2.19. The molecule has 0 heterocycles. The van der Waals surface area contributed by atoms with Gasteiger partial charge in [-0.1, -0.05) is 182 Å². The lowest BCUT2D eigenvalue weighted by atomic mass is 10.00. The maximum atomic E-state index is 12.6. The van der Waals surface area contributed by atoms with E-state index in [9.17, 15) is 14.4 Å². The second kappa shape index (κ2) is 35.2. The van der Waals surface area contributed by atoms with Crippen LogP contribution in [0.25, 0.3) is 0 Å². The van der Waals surface area contributed by atoms with Gasteiger partial charge in [-0.05, 0) is 31.1 Å². The molecule has 0 aliphatic heterocycles. The van der Waals surface area contributed by atoms with Gasteiger partial charge in [-0.2, -0.15) is 0 Å². The van der Waals surface area contributed by atoms with Gasteiger partial charge in [0.2, 0.25) is 0 Å². The van der Waals surface area contributed by atoms with Gasteiger partial charge in [0.15, 0.2) is 6.10 Å². The molecule has 0 aliphatic rings. The largest absolute Gasteiger partial charge is 0.462 e. The molecule has 0 aromatic heterocycles. The van der Waals surface area contributed by atoms with Crippen LogP contribution in [0.4, 0.5) is 0 Å². The topological polar surface area (TPSA) is 78.9 Å². The van der Waals surface area contributed by atoms with Gasteiger partial charge < -0.3 is 14.2 Å². The molecule has 0 amide bonds. The Hall–Kier alpha value is -1.59. The number of hydrogen-bond donors (Lipinski definition) is 0. The minimum Gasteiger partial charge on any atom is -0.462 e. The van der Waals surface area contributed by atoms with Gasteiger partial charge in [-0.15, -0.1) is 0 Å². The Morgan fingerprint density at radius 3 is 1.19 bits per heavy atom. The Balaban J connectivity index is 4.37. The lowest BCUT2D eigenvalue weighted by molar-refractivity contribution is -0.167. The molecule has 0 aromatic carbocycles. The first-order valence-corrected chi connectivity index (χ1v) is 20.8. The van der Waals surface area contributed by atoms with Gasteiger partial charge in [-0.3, -0.25) is 14.4 Å². The predicted octanol–water partition coefficient (Wildman–Crippen LogP) is 12.6. The van der Waals surface area contributed by atoms with E-state index in [0.29, 0.717) is 19.3 Å². The lowest BCUT2D eigenvalue weighted by Crippen LogP contribution is -2.30. The van der Waals surface area contributed by atoms with E-state index in [1.165, 1.54) is 109 Å². The summed E-state index contributed by atoms with van der Waals surface area (Å²) in [5.74, 6) is 0.722. The fraction of sp³-hybridized carbons (Fsp3) is 0.929. The molecule has 2 atom stereocenters. The first-order chi connectivity index (χ1) is 23.3. The second-order valence-corrected chi connectivity index (χ2v) is 15.0. The second-order valence-electron chi connectivity index (χ2n) is 15.0. The minimum atomic E-state index is -0.760. The zero-order valence-corrected chi connectivity index (χ0v) is 32.6. The number of ether oxygens (including phenoxy) is 3. The monoisotopic (exact) mass is 681 g/mol. The standard InChI is InChI=1S/C42H80O6/c1-6-8-9-10-11-12-13-16-22-27-32-40(43)46-35-39(48-42(45)34-29-24-17-14-15-20-25-30-37(3)4)36-47-41(44)33-28-23-19-18-21-26-31-38(5)7-2/h37-39H,6-36H2,1-5H3/t38?,39-/m1/s1. The van der Waals surface area contributed by atoms with Crippen molar-refractivity contribution in [3.8, 4) is 0 Å². The Morgan fingerprint density at radius 1 is 0.438 bits per heavy atom. The molecule has 0 N–H and O–H groups in total. The average molecular weight is 681 g/mol. The van der Waals surface area contributed by atoms with Crippen molar-refractivity contribution < 1.29 is 28.6 Å². The number of esters is 3. The molecular formula is C42H80O6. The lowest BCUT2D eigenvalue weighted by Gasteiger charge is -2.18. The number of carbonyl (C=O) groups excluding carboxylic acids is 3. The molecule has 0 aromatic rings. The van der Waals surface area contributed by atoms with Crippen LogP contribution in [-0.4, -0.2) is 37.2 Å². The normalized spacial score (nSPS) is 12.6. The molecule has 6 nitrogen and oxygen atoms in total. The van der Waals surface area contributed by atoms with Gasteiger partial charge in [0, 0.05) is 19.3 Å². The van der Waals surface area contributed by atoms with Gasteiger partial charge in [0.1, 0.15) is 13.2 Å². The van der Waals surface area contributed by atoms with E-state index in [1.54, 1.807) is 0 Å². The van der Waals surface area contributed by atoms with Crippen molar-refractivity contribution in [3.63, 3.8) is 0 Å². The smallest absolute Gasteiger partial charge is 0.306 e. The maximum absolute atomic E-state index is 12.6.